The van der Waals surface area contributed by atoms with Gasteiger partial charge in [-0.15, -0.1) is 0 Å². The Kier molecular flexibility index (Phi) is 8.38. The van der Waals surface area contributed by atoms with Gasteiger partial charge in [0, 0.05) is 6.54 Å². The third kappa shape index (κ3) is 5.85. The second-order valence-corrected chi connectivity index (χ2v) is 2.77. The second kappa shape index (κ2) is 7.99. The summed E-state index contributed by atoms with van der Waals surface area (Å²) in [5, 5.41) is 10.4. The van der Waals surface area contributed by atoms with Crippen LogP contribution < -0.4 is 56.7 Å². The number of hydrogen-bond donors (Lipinski definition) is 1. The molecule has 3 nitrogen and oxygen atoms in total. The van der Waals surface area contributed by atoms with Gasteiger partial charge in [-0.1, -0.05) is 30.3 Å². The fourth-order valence-corrected chi connectivity index (χ4v) is 0.939. The summed E-state index contributed by atoms with van der Waals surface area (Å²) in [6.07, 6.45) is 0. The summed E-state index contributed by atoms with van der Waals surface area (Å²) in [6, 6.07) is 9.51. The van der Waals surface area contributed by atoms with Crippen LogP contribution in [0.25, 0.3) is 5.14 Å². The first kappa shape index (κ1) is 13.6. The molecule has 0 heterocycles. The molecule has 0 fully saturated rings. The molecule has 0 saturated carbocycles. The largest absolute Gasteiger partial charge is 1.00 e. The van der Waals surface area contributed by atoms with Gasteiger partial charge in [-0.25, -0.2) is 11.9 Å². The van der Waals surface area contributed by atoms with Crippen LogP contribution in [0.2, 0.25) is 0 Å². The number of nitrogens with zero attached hydrogens (tertiary/aromatic N) is 1. The minimum atomic E-state index is -0.432. The fourth-order valence-electron chi connectivity index (χ4n) is 0.802. The van der Waals surface area contributed by atoms with E-state index in [0.29, 0.717) is 6.54 Å². The zero-order chi connectivity index (χ0) is 8.81. The van der Waals surface area contributed by atoms with E-state index in [4.69, 9.17) is 5.14 Å². The Morgan fingerprint density at radius 1 is 1.38 bits per heavy atom. The molecule has 1 aromatic carbocycles. The topological polar surface area (TPSA) is 51.4 Å². The quantitative estimate of drug-likeness (QED) is 0.533. The molecular weight excluding hydrogens is 211 g/mol. The first-order valence-corrected chi connectivity index (χ1v) is 4.23. The molecule has 13 heavy (non-hydrogen) atoms. The molecule has 0 aromatic heterocycles. The van der Waals surface area contributed by atoms with Crippen molar-refractivity contribution in [2.75, 3.05) is 0 Å². The molecule has 63 valence electrons. The minimum Gasteiger partial charge on any atom is -0.735 e. The maximum atomic E-state index is 10.6. The summed E-state index contributed by atoms with van der Waals surface area (Å²) < 4.78 is 0. The van der Waals surface area contributed by atoms with Crippen molar-refractivity contribution in [3.8, 4) is 0 Å². The van der Waals surface area contributed by atoms with Crippen molar-refractivity contribution in [2.24, 2.45) is 0 Å². The summed E-state index contributed by atoms with van der Waals surface area (Å²) in [7, 11) is 0. The van der Waals surface area contributed by atoms with Crippen molar-refractivity contribution < 1.29 is 56.2 Å². The van der Waals surface area contributed by atoms with E-state index in [2.05, 4.69) is 5.32 Å². The third-order valence-electron chi connectivity index (χ3n) is 1.36. The summed E-state index contributed by atoms with van der Waals surface area (Å²) in [6.45, 7) is 0.452. The first-order valence-electron chi connectivity index (χ1n) is 3.46. The van der Waals surface area contributed by atoms with Crippen LogP contribution in [0.3, 0.4) is 0 Å². The maximum absolute atomic E-state index is 10.6. The predicted molar refractivity (Wildman–Crippen MR) is 49.6 cm³/mol. The molecule has 1 amide bonds. The van der Waals surface area contributed by atoms with Gasteiger partial charge >= 0.3 is 51.4 Å². The number of carbonyl (C=O) groups excluding carboxylic acids is 1. The van der Waals surface area contributed by atoms with Gasteiger partial charge in [0.25, 0.3) is 5.24 Å². The molecule has 0 atom stereocenters. The van der Waals surface area contributed by atoms with E-state index in [0.717, 1.165) is 5.56 Å². The van der Waals surface area contributed by atoms with Crippen LogP contribution in [-0.4, -0.2) is 5.24 Å². The molecule has 1 radical (unpaired) electrons. The Bertz CT molecular complexity index is 256. The van der Waals surface area contributed by atoms with Gasteiger partial charge in [0.15, 0.2) is 0 Å². The number of hydrogen-bond acceptors (Lipinski definition) is 2. The van der Waals surface area contributed by atoms with E-state index in [1.807, 2.05) is 30.3 Å². The van der Waals surface area contributed by atoms with E-state index in [-0.39, 0.29) is 63.3 Å². The zero-order valence-corrected chi connectivity index (χ0v) is 11.3. The molecule has 1 N–H and O–H groups in total. The van der Waals surface area contributed by atoms with Crippen LogP contribution in [-0.2, 0) is 6.54 Å². The SMILES string of the molecule is [K+].[N-]SC(=O)NCc1ccccc1. The van der Waals surface area contributed by atoms with Crippen LogP contribution in [0.5, 0.6) is 0 Å². The van der Waals surface area contributed by atoms with Crippen LogP contribution in [0.15, 0.2) is 30.3 Å². The molecular formula is C8H8KN2OS. The van der Waals surface area contributed by atoms with Gasteiger partial charge < -0.3 is 10.5 Å². The molecule has 0 unspecified atom stereocenters. The van der Waals surface area contributed by atoms with Crippen molar-refractivity contribution in [3.63, 3.8) is 0 Å². The Labute approximate surface area is 124 Å². The summed E-state index contributed by atoms with van der Waals surface area (Å²) in [4.78, 5) is 10.6. The van der Waals surface area contributed by atoms with Crippen molar-refractivity contribution in [3.05, 3.63) is 41.0 Å². The summed E-state index contributed by atoms with van der Waals surface area (Å²) >= 11 is 0.194. The number of rotatable bonds is 2. The minimum absolute atomic E-state index is 0. The normalized spacial score (nSPS) is 8.69. The van der Waals surface area contributed by atoms with Gasteiger partial charge in [-0.3, -0.25) is 4.79 Å². The van der Waals surface area contributed by atoms with Crippen LogP contribution in [0.4, 0.5) is 4.79 Å². The Morgan fingerprint density at radius 3 is 2.54 bits per heavy atom. The average molecular weight is 219 g/mol. The van der Waals surface area contributed by atoms with Gasteiger partial charge in [0.1, 0.15) is 0 Å². The number of nitrogens with one attached hydrogen (secondary N) is 1. The van der Waals surface area contributed by atoms with E-state index >= 15 is 0 Å². The molecule has 0 bridgehead atoms. The Morgan fingerprint density at radius 2 is 2.00 bits per heavy atom. The van der Waals surface area contributed by atoms with Gasteiger partial charge in [-0.05, 0) is 5.56 Å². The van der Waals surface area contributed by atoms with Crippen molar-refractivity contribution in [1.82, 2.24) is 5.32 Å². The Hall–Kier alpha value is 0.636. The fraction of sp³-hybridized carbons (Fsp3) is 0.125. The molecule has 0 spiro atoms. The molecule has 1 rings (SSSR count). The number of amides is 1. The standard InChI is InChI=1S/C8H8N2OS.K/c9-12-8(11)10-6-7-4-2-1-3-5-7;/h1-5H,6H2,(H,10,11);/q-1;+1. The van der Waals surface area contributed by atoms with E-state index in [1.54, 1.807) is 0 Å². The summed E-state index contributed by atoms with van der Waals surface area (Å²) in [5.41, 5.74) is 1.01. The molecule has 1 aromatic rings. The second-order valence-electron chi connectivity index (χ2n) is 2.22. The van der Waals surface area contributed by atoms with Crippen LogP contribution in [0.1, 0.15) is 5.56 Å². The molecule has 0 aliphatic rings. The average Bonchev–Trinajstić information content (AvgIpc) is 2.16. The van der Waals surface area contributed by atoms with Gasteiger partial charge in [-0.2, -0.15) is 0 Å². The first-order chi connectivity index (χ1) is 5.83. The maximum Gasteiger partial charge on any atom is 1.00 e. The van der Waals surface area contributed by atoms with E-state index in [1.165, 1.54) is 0 Å². The third-order valence-corrected chi connectivity index (χ3v) is 1.67. The van der Waals surface area contributed by atoms with Crippen molar-refractivity contribution >= 4 is 17.2 Å². The zero-order valence-electron chi connectivity index (χ0n) is 7.36. The molecule has 0 aliphatic heterocycles. The monoisotopic (exact) mass is 219 g/mol. The van der Waals surface area contributed by atoms with Crippen molar-refractivity contribution in [1.29, 1.82) is 0 Å². The van der Waals surface area contributed by atoms with Crippen LogP contribution in [0, 0.1) is 0 Å². The smallest absolute Gasteiger partial charge is 0.735 e. The predicted octanol–water partition coefficient (Wildman–Crippen LogP) is -0.614. The van der Waals surface area contributed by atoms with Crippen molar-refractivity contribution in [2.45, 2.75) is 6.54 Å². The summed E-state index contributed by atoms with van der Waals surface area (Å²) in [5.74, 6) is 0. The van der Waals surface area contributed by atoms with E-state index < -0.39 is 5.24 Å². The number of carbonyl (C=O) groups is 1. The van der Waals surface area contributed by atoms with Crippen LogP contribution >= 0.6 is 11.9 Å². The Balaban J connectivity index is 0.00000144. The molecule has 0 saturated heterocycles. The number of benzene rings is 1. The van der Waals surface area contributed by atoms with E-state index in [9.17, 15) is 4.79 Å². The van der Waals surface area contributed by atoms with Gasteiger partial charge in [0.05, 0.1) is 0 Å². The molecule has 0 aliphatic carbocycles. The van der Waals surface area contributed by atoms with Gasteiger partial charge in [0.2, 0.25) is 0 Å². The molecule has 5 heteroatoms.